The molecule has 0 bridgehead atoms. The molecule has 0 amide bonds. The molecule has 0 fully saturated rings. The predicted molar refractivity (Wildman–Crippen MR) is 69.3 cm³/mol. The summed E-state index contributed by atoms with van der Waals surface area (Å²) in [4.78, 5) is 0. The highest BCUT2D eigenvalue weighted by atomic mass is 19.1. The summed E-state index contributed by atoms with van der Waals surface area (Å²) in [6.45, 7) is 2.08. The summed E-state index contributed by atoms with van der Waals surface area (Å²) in [5.41, 5.74) is 2.73. The lowest BCUT2D eigenvalue weighted by Gasteiger charge is -2.12. The molecule has 0 aliphatic carbocycles. The van der Waals surface area contributed by atoms with E-state index in [1.165, 1.54) is 6.07 Å². The van der Waals surface area contributed by atoms with Crippen molar-refractivity contribution in [3.8, 4) is 11.1 Å². The van der Waals surface area contributed by atoms with Crippen LogP contribution >= 0.6 is 0 Å². The van der Waals surface area contributed by atoms with Gasteiger partial charge in [-0.15, -0.1) is 0 Å². The van der Waals surface area contributed by atoms with E-state index in [1.807, 2.05) is 37.4 Å². The smallest absolute Gasteiger partial charge is 0.131 e. The maximum Gasteiger partial charge on any atom is 0.131 e. The second-order valence-electron chi connectivity index (χ2n) is 4.12. The summed E-state index contributed by atoms with van der Waals surface area (Å²) >= 11 is 0. The topological polar surface area (TPSA) is 12.0 Å². The van der Waals surface area contributed by atoms with Crippen LogP contribution in [-0.4, -0.2) is 7.05 Å². The number of hydrogen-bond acceptors (Lipinski definition) is 1. The Kier molecular flexibility index (Phi) is 3.55. The Bertz CT molecular complexity index is 508. The van der Waals surface area contributed by atoms with E-state index >= 15 is 0 Å². The fourth-order valence-corrected chi connectivity index (χ4v) is 1.84. The van der Waals surface area contributed by atoms with Gasteiger partial charge < -0.3 is 5.32 Å². The molecule has 1 nitrogen and oxygen atoms in total. The van der Waals surface area contributed by atoms with Crippen LogP contribution in [0.2, 0.25) is 0 Å². The number of nitrogens with one attached hydrogen (secondary N) is 1. The minimum Gasteiger partial charge on any atom is -0.313 e. The third-order valence-corrected chi connectivity index (χ3v) is 3.00. The van der Waals surface area contributed by atoms with Gasteiger partial charge in [0.25, 0.3) is 0 Å². The van der Waals surface area contributed by atoms with Gasteiger partial charge in [-0.3, -0.25) is 0 Å². The number of benzene rings is 2. The van der Waals surface area contributed by atoms with Crippen LogP contribution in [-0.2, 0) is 0 Å². The van der Waals surface area contributed by atoms with Gasteiger partial charge in [-0.1, -0.05) is 36.4 Å². The first kappa shape index (κ1) is 11.8. The van der Waals surface area contributed by atoms with Crippen LogP contribution in [0.5, 0.6) is 0 Å². The maximum absolute atomic E-state index is 13.7. The summed E-state index contributed by atoms with van der Waals surface area (Å²) in [5, 5.41) is 3.18. The summed E-state index contributed by atoms with van der Waals surface area (Å²) < 4.78 is 13.7. The van der Waals surface area contributed by atoms with Crippen molar-refractivity contribution in [2.45, 2.75) is 13.0 Å². The molecule has 0 aliphatic heterocycles. The Balaban J connectivity index is 2.43. The van der Waals surface area contributed by atoms with Crippen molar-refractivity contribution in [2.24, 2.45) is 0 Å². The van der Waals surface area contributed by atoms with Crippen LogP contribution in [0.25, 0.3) is 11.1 Å². The van der Waals surface area contributed by atoms with Crippen molar-refractivity contribution in [3.05, 3.63) is 59.9 Å². The SMILES string of the molecule is CNC(C)c1cccc(-c2ccccc2F)c1. The highest BCUT2D eigenvalue weighted by Gasteiger charge is 2.07. The first-order valence-electron chi connectivity index (χ1n) is 5.74. The lowest BCUT2D eigenvalue weighted by Crippen LogP contribution is -2.12. The molecular weight excluding hydrogens is 213 g/mol. The van der Waals surface area contributed by atoms with Gasteiger partial charge >= 0.3 is 0 Å². The van der Waals surface area contributed by atoms with Gasteiger partial charge in [-0.25, -0.2) is 4.39 Å². The number of halogens is 1. The summed E-state index contributed by atoms with van der Waals surface area (Å²) in [5.74, 6) is -0.179. The molecule has 2 aromatic rings. The molecule has 0 aliphatic rings. The molecule has 88 valence electrons. The van der Waals surface area contributed by atoms with E-state index in [-0.39, 0.29) is 11.9 Å². The molecular formula is C15H16FN. The molecule has 2 heteroatoms. The van der Waals surface area contributed by atoms with E-state index < -0.39 is 0 Å². The molecule has 0 saturated carbocycles. The zero-order valence-corrected chi connectivity index (χ0v) is 10.1. The third kappa shape index (κ3) is 2.53. The Morgan fingerprint density at radius 3 is 2.53 bits per heavy atom. The summed E-state index contributed by atoms with van der Waals surface area (Å²) in [6, 6.07) is 15.1. The van der Waals surface area contributed by atoms with Crippen LogP contribution in [0.4, 0.5) is 4.39 Å². The zero-order valence-electron chi connectivity index (χ0n) is 10.1. The average Bonchev–Trinajstić information content (AvgIpc) is 2.38. The van der Waals surface area contributed by atoms with Crippen LogP contribution < -0.4 is 5.32 Å². The van der Waals surface area contributed by atoms with Gasteiger partial charge in [-0.2, -0.15) is 0 Å². The van der Waals surface area contributed by atoms with Gasteiger partial charge in [0, 0.05) is 11.6 Å². The second kappa shape index (κ2) is 5.11. The molecule has 2 rings (SSSR count). The Hall–Kier alpha value is -1.67. The maximum atomic E-state index is 13.7. The largest absolute Gasteiger partial charge is 0.313 e. The van der Waals surface area contributed by atoms with Crippen molar-refractivity contribution in [2.75, 3.05) is 7.05 Å². The number of rotatable bonds is 3. The quantitative estimate of drug-likeness (QED) is 0.844. The highest BCUT2D eigenvalue weighted by Crippen LogP contribution is 2.25. The highest BCUT2D eigenvalue weighted by molar-refractivity contribution is 5.64. The lowest BCUT2D eigenvalue weighted by atomic mass is 10.00. The van der Waals surface area contributed by atoms with Gasteiger partial charge in [-0.05, 0) is 37.2 Å². The number of hydrogen-bond donors (Lipinski definition) is 1. The van der Waals surface area contributed by atoms with Crippen LogP contribution in [0.15, 0.2) is 48.5 Å². The van der Waals surface area contributed by atoms with Gasteiger partial charge in [0.2, 0.25) is 0 Å². The molecule has 17 heavy (non-hydrogen) atoms. The summed E-state index contributed by atoms with van der Waals surface area (Å²) in [6.07, 6.45) is 0. The van der Waals surface area contributed by atoms with Gasteiger partial charge in [0.05, 0.1) is 0 Å². The Morgan fingerprint density at radius 1 is 1.06 bits per heavy atom. The Morgan fingerprint density at radius 2 is 1.82 bits per heavy atom. The van der Waals surface area contributed by atoms with Crippen LogP contribution in [0.3, 0.4) is 0 Å². The van der Waals surface area contributed by atoms with E-state index in [2.05, 4.69) is 12.2 Å². The van der Waals surface area contributed by atoms with E-state index in [0.717, 1.165) is 11.1 Å². The predicted octanol–water partition coefficient (Wildman–Crippen LogP) is 3.77. The molecule has 0 spiro atoms. The van der Waals surface area contributed by atoms with Crippen LogP contribution in [0.1, 0.15) is 18.5 Å². The molecule has 2 aromatic carbocycles. The van der Waals surface area contributed by atoms with Crippen LogP contribution in [0, 0.1) is 5.82 Å². The Labute approximate surface area is 101 Å². The lowest BCUT2D eigenvalue weighted by molar-refractivity contribution is 0.631. The van der Waals surface area contributed by atoms with E-state index in [4.69, 9.17) is 0 Å². The first-order chi connectivity index (χ1) is 8.22. The third-order valence-electron chi connectivity index (χ3n) is 3.00. The van der Waals surface area contributed by atoms with Gasteiger partial charge in [0.1, 0.15) is 5.82 Å². The van der Waals surface area contributed by atoms with E-state index in [0.29, 0.717) is 5.56 Å². The fourth-order valence-electron chi connectivity index (χ4n) is 1.84. The molecule has 0 radical (unpaired) electrons. The van der Waals surface area contributed by atoms with Crippen molar-refractivity contribution in [1.82, 2.24) is 5.32 Å². The molecule has 1 atom stereocenters. The van der Waals surface area contributed by atoms with Crippen molar-refractivity contribution < 1.29 is 4.39 Å². The summed E-state index contributed by atoms with van der Waals surface area (Å²) in [7, 11) is 1.92. The monoisotopic (exact) mass is 229 g/mol. The average molecular weight is 229 g/mol. The molecule has 1 N–H and O–H groups in total. The molecule has 0 aromatic heterocycles. The zero-order chi connectivity index (χ0) is 12.3. The minimum absolute atomic E-state index is 0.179. The van der Waals surface area contributed by atoms with E-state index in [1.54, 1.807) is 12.1 Å². The first-order valence-corrected chi connectivity index (χ1v) is 5.74. The minimum atomic E-state index is -0.179. The van der Waals surface area contributed by atoms with Crippen molar-refractivity contribution >= 4 is 0 Å². The van der Waals surface area contributed by atoms with Crippen molar-refractivity contribution in [1.29, 1.82) is 0 Å². The molecule has 0 heterocycles. The fraction of sp³-hybridized carbons (Fsp3) is 0.200. The van der Waals surface area contributed by atoms with Crippen molar-refractivity contribution in [3.63, 3.8) is 0 Å². The molecule has 1 unspecified atom stereocenters. The normalized spacial score (nSPS) is 12.4. The molecule has 0 saturated heterocycles. The van der Waals surface area contributed by atoms with Gasteiger partial charge in [0.15, 0.2) is 0 Å². The van der Waals surface area contributed by atoms with E-state index in [9.17, 15) is 4.39 Å². The standard InChI is InChI=1S/C15H16FN/c1-11(17-2)12-6-5-7-13(10-12)14-8-3-4-9-15(14)16/h3-11,17H,1-2H3. The second-order valence-corrected chi connectivity index (χ2v) is 4.12.